The van der Waals surface area contributed by atoms with E-state index in [0.29, 0.717) is 13.1 Å². The molecule has 6 heteroatoms. The minimum Gasteiger partial charge on any atom is -0.343 e. The van der Waals surface area contributed by atoms with Gasteiger partial charge in [0, 0.05) is 13.1 Å². The Bertz CT molecular complexity index is 476. The monoisotopic (exact) mass is 330 g/mol. The van der Waals surface area contributed by atoms with Crippen LogP contribution in [0.4, 0.5) is 4.39 Å². The van der Waals surface area contributed by atoms with Crippen LogP contribution in [0.3, 0.4) is 0 Å². The number of carbonyl (C=O) groups is 2. The molecule has 0 saturated heterocycles. The fraction of sp³-hybridized carbons (Fsp3) is 0.385. The fourth-order valence-electron chi connectivity index (χ4n) is 1.62. The number of carbonyl (C=O) groups excluding carboxylic acids is 2. The van der Waals surface area contributed by atoms with Crippen LogP contribution >= 0.6 is 15.9 Å². The Morgan fingerprint density at radius 1 is 1.32 bits per heavy atom. The summed E-state index contributed by atoms with van der Waals surface area (Å²) in [5.41, 5.74) is 0.173. The van der Waals surface area contributed by atoms with Gasteiger partial charge in [0.2, 0.25) is 5.91 Å². The van der Waals surface area contributed by atoms with E-state index < -0.39 is 11.7 Å². The minimum atomic E-state index is -0.511. The van der Waals surface area contributed by atoms with Crippen molar-refractivity contribution in [2.75, 3.05) is 19.6 Å². The van der Waals surface area contributed by atoms with E-state index >= 15 is 0 Å². The first-order valence-corrected chi connectivity index (χ1v) is 6.80. The number of likely N-dealkylation sites (N-methyl/N-ethyl adjacent to an activating group) is 1. The number of halogens is 2. The van der Waals surface area contributed by atoms with E-state index in [4.69, 9.17) is 0 Å². The average molecular weight is 331 g/mol. The molecule has 2 amide bonds. The standard InChI is InChI=1S/C13H16BrFN2O2/c1-3-17(4-2)11(18)8-16-13(19)9-6-5-7-10(15)12(9)14/h5-7H,3-4,8H2,1-2H3,(H,16,19). The van der Waals surface area contributed by atoms with Crippen LogP contribution in [0.1, 0.15) is 24.2 Å². The van der Waals surface area contributed by atoms with Crippen LogP contribution in [0.2, 0.25) is 0 Å². The summed E-state index contributed by atoms with van der Waals surface area (Å²) in [6, 6.07) is 4.19. The highest BCUT2D eigenvalue weighted by Gasteiger charge is 2.15. The molecule has 0 bridgehead atoms. The van der Waals surface area contributed by atoms with Gasteiger partial charge in [-0.1, -0.05) is 6.07 Å². The lowest BCUT2D eigenvalue weighted by Crippen LogP contribution is -2.40. The summed E-state index contributed by atoms with van der Waals surface area (Å²) in [6.07, 6.45) is 0. The summed E-state index contributed by atoms with van der Waals surface area (Å²) in [5, 5.41) is 2.49. The van der Waals surface area contributed by atoms with E-state index in [1.807, 2.05) is 13.8 Å². The first-order valence-electron chi connectivity index (χ1n) is 6.01. The maximum atomic E-state index is 13.3. The van der Waals surface area contributed by atoms with Crippen molar-refractivity contribution in [2.24, 2.45) is 0 Å². The van der Waals surface area contributed by atoms with Crippen molar-refractivity contribution in [3.8, 4) is 0 Å². The second-order valence-electron chi connectivity index (χ2n) is 3.85. The van der Waals surface area contributed by atoms with E-state index in [9.17, 15) is 14.0 Å². The van der Waals surface area contributed by atoms with Gasteiger partial charge in [0.05, 0.1) is 16.6 Å². The summed E-state index contributed by atoms with van der Waals surface area (Å²) in [5.74, 6) is -1.15. The predicted molar refractivity (Wildman–Crippen MR) is 74.4 cm³/mol. The molecule has 1 aromatic carbocycles. The van der Waals surface area contributed by atoms with Crippen molar-refractivity contribution in [1.82, 2.24) is 10.2 Å². The molecule has 0 aliphatic heterocycles. The molecule has 0 saturated carbocycles. The predicted octanol–water partition coefficient (Wildman–Crippen LogP) is 2.19. The van der Waals surface area contributed by atoms with Crippen molar-refractivity contribution in [1.29, 1.82) is 0 Å². The van der Waals surface area contributed by atoms with Gasteiger partial charge in [0.1, 0.15) is 5.82 Å². The number of nitrogens with one attached hydrogen (secondary N) is 1. The molecule has 19 heavy (non-hydrogen) atoms. The quantitative estimate of drug-likeness (QED) is 0.899. The summed E-state index contributed by atoms with van der Waals surface area (Å²) >= 11 is 3.01. The summed E-state index contributed by atoms with van der Waals surface area (Å²) in [4.78, 5) is 25.2. The van der Waals surface area contributed by atoms with Crippen LogP contribution < -0.4 is 5.32 Å². The van der Waals surface area contributed by atoms with E-state index in [2.05, 4.69) is 21.2 Å². The Morgan fingerprint density at radius 2 is 1.95 bits per heavy atom. The van der Waals surface area contributed by atoms with Crippen molar-refractivity contribution in [2.45, 2.75) is 13.8 Å². The molecule has 0 unspecified atom stereocenters. The van der Waals surface area contributed by atoms with Gasteiger partial charge in [-0.05, 0) is 41.9 Å². The number of nitrogens with zero attached hydrogens (tertiary/aromatic N) is 1. The lowest BCUT2D eigenvalue weighted by Gasteiger charge is -2.18. The third-order valence-electron chi connectivity index (χ3n) is 2.71. The molecule has 104 valence electrons. The maximum absolute atomic E-state index is 13.3. The number of benzene rings is 1. The molecule has 0 fully saturated rings. The van der Waals surface area contributed by atoms with Crippen LogP contribution in [-0.4, -0.2) is 36.3 Å². The highest BCUT2D eigenvalue weighted by Crippen LogP contribution is 2.20. The molecule has 0 aromatic heterocycles. The molecule has 0 spiro atoms. The SMILES string of the molecule is CCN(CC)C(=O)CNC(=O)c1cccc(F)c1Br. The normalized spacial score (nSPS) is 10.1. The molecule has 0 radical (unpaired) electrons. The lowest BCUT2D eigenvalue weighted by molar-refractivity contribution is -0.129. The van der Waals surface area contributed by atoms with Gasteiger partial charge >= 0.3 is 0 Å². The minimum absolute atomic E-state index is 0.0938. The van der Waals surface area contributed by atoms with Gasteiger partial charge in [-0.25, -0.2) is 4.39 Å². The van der Waals surface area contributed by atoms with E-state index in [0.717, 1.165) is 0 Å². The first kappa shape index (κ1) is 15.6. The molecule has 1 aromatic rings. The van der Waals surface area contributed by atoms with Gasteiger partial charge in [-0.3, -0.25) is 9.59 Å². The van der Waals surface area contributed by atoms with Gasteiger partial charge in [-0.2, -0.15) is 0 Å². The van der Waals surface area contributed by atoms with Gasteiger partial charge in [0.25, 0.3) is 5.91 Å². The Labute approximate surface area is 120 Å². The largest absolute Gasteiger partial charge is 0.343 e. The van der Waals surface area contributed by atoms with Crippen molar-refractivity contribution in [3.05, 3.63) is 34.1 Å². The smallest absolute Gasteiger partial charge is 0.252 e. The van der Waals surface area contributed by atoms with Gasteiger partial charge in [-0.15, -0.1) is 0 Å². The van der Waals surface area contributed by atoms with Crippen LogP contribution in [0.15, 0.2) is 22.7 Å². The number of hydrogen-bond donors (Lipinski definition) is 1. The average Bonchev–Trinajstić information content (AvgIpc) is 2.40. The Hall–Kier alpha value is -1.43. The second-order valence-corrected chi connectivity index (χ2v) is 4.64. The lowest BCUT2D eigenvalue weighted by atomic mass is 10.2. The molecule has 0 atom stereocenters. The summed E-state index contributed by atoms with van der Waals surface area (Å²) in [6.45, 7) is 4.83. The molecule has 4 nitrogen and oxygen atoms in total. The molecular weight excluding hydrogens is 315 g/mol. The third-order valence-corrected chi connectivity index (χ3v) is 3.52. The summed E-state index contributed by atoms with van der Waals surface area (Å²) < 4.78 is 13.4. The van der Waals surface area contributed by atoms with Crippen LogP contribution in [0.5, 0.6) is 0 Å². The number of hydrogen-bond acceptors (Lipinski definition) is 2. The van der Waals surface area contributed by atoms with Gasteiger partial charge in [0.15, 0.2) is 0 Å². The van der Waals surface area contributed by atoms with Crippen molar-refractivity contribution < 1.29 is 14.0 Å². The Kier molecular flexibility index (Phi) is 5.95. The number of rotatable bonds is 5. The highest BCUT2D eigenvalue weighted by atomic mass is 79.9. The van der Waals surface area contributed by atoms with E-state index in [1.54, 1.807) is 4.90 Å². The zero-order chi connectivity index (χ0) is 14.4. The first-order chi connectivity index (χ1) is 9.01. The number of amides is 2. The highest BCUT2D eigenvalue weighted by molar-refractivity contribution is 9.10. The molecule has 0 heterocycles. The van der Waals surface area contributed by atoms with E-state index in [1.165, 1.54) is 18.2 Å². The molecule has 1 rings (SSSR count). The van der Waals surface area contributed by atoms with Crippen LogP contribution in [-0.2, 0) is 4.79 Å². The van der Waals surface area contributed by atoms with Crippen molar-refractivity contribution >= 4 is 27.7 Å². The van der Waals surface area contributed by atoms with Crippen LogP contribution in [0.25, 0.3) is 0 Å². The van der Waals surface area contributed by atoms with Crippen LogP contribution in [0, 0.1) is 5.82 Å². The molecule has 0 aliphatic carbocycles. The topological polar surface area (TPSA) is 49.4 Å². The zero-order valence-electron chi connectivity index (χ0n) is 10.9. The molecule has 0 aliphatic rings. The van der Waals surface area contributed by atoms with Crippen molar-refractivity contribution in [3.63, 3.8) is 0 Å². The van der Waals surface area contributed by atoms with E-state index in [-0.39, 0.29) is 22.5 Å². The third kappa shape index (κ3) is 4.02. The molecule has 1 N–H and O–H groups in total. The second kappa shape index (κ2) is 7.23. The zero-order valence-corrected chi connectivity index (χ0v) is 12.5. The fourth-order valence-corrected chi connectivity index (χ4v) is 2.06. The Balaban J connectivity index is 2.66. The Morgan fingerprint density at radius 3 is 2.53 bits per heavy atom. The maximum Gasteiger partial charge on any atom is 0.252 e. The summed E-state index contributed by atoms with van der Waals surface area (Å²) in [7, 11) is 0. The van der Waals surface area contributed by atoms with Gasteiger partial charge < -0.3 is 10.2 Å². The molecular formula is C13H16BrFN2O2.